The summed E-state index contributed by atoms with van der Waals surface area (Å²) in [7, 11) is -3.60. The van der Waals surface area contributed by atoms with Gasteiger partial charge in [0.15, 0.2) is 5.25 Å². The van der Waals surface area contributed by atoms with Crippen molar-refractivity contribution in [3.63, 3.8) is 0 Å². The lowest BCUT2D eigenvalue weighted by Gasteiger charge is -2.24. The third-order valence-electron chi connectivity index (χ3n) is 2.51. The van der Waals surface area contributed by atoms with Gasteiger partial charge in [0.1, 0.15) is 0 Å². The van der Waals surface area contributed by atoms with Crippen LogP contribution in [0.5, 0.6) is 0 Å². The van der Waals surface area contributed by atoms with Gasteiger partial charge in [-0.15, -0.1) is 0 Å². The van der Waals surface area contributed by atoms with E-state index in [1.54, 1.807) is 31.2 Å². The Morgan fingerprint density at radius 2 is 2.12 bits per heavy atom. The summed E-state index contributed by atoms with van der Waals surface area (Å²) >= 11 is 0. The van der Waals surface area contributed by atoms with Gasteiger partial charge in [0.2, 0.25) is 0 Å². The van der Waals surface area contributed by atoms with Crippen LogP contribution in [0.4, 0.5) is 5.69 Å². The van der Waals surface area contributed by atoms with Crippen molar-refractivity contribution >= 4 is 15.7 Å². The third kappa shape index (κ3) is 2.77. The Morgan fingerprint density at radius 1 is 1.47 bits per heavy atom. The van der Waals surface area contributed by atoms with Crippen LogP contribution in [0, 0.1) is 18.3 Å². The summed E-state index contributed by atoms with van der Waals surface area (Å²) in [6, 6.07) is 9.01. The maximum Gasteiger partial charge on any atom is 0.251 e. The molecular formula is C12H16N2O2S. The lowest BCUT2D eigenvalue weighted by atomic mass is 10.2. The van der Waals surface area contributed by atoms with E-state index in [1.807, 2.05) is 13.0 Å². The molecule has 92 valence electrons. The third-order valence-corrected chi connectivity index (χ3v) is 4.60. The van der Waals surface area contributed by atoms with Crippen LogP contribution in [0.3, 0.4) is 0 Å². The molecule has 1 aromatic carbocycles. The van der Waals surface area contributed by atoms with E-state index in [9.17, 15) is 8.42 Å². The van der Waals surface area contributed by atoms with Gasteiger partial charge >= 0.3 is 0 Å². The quantitative estimate of drug-likeness (QED) is 0.824. The van der Waals surface area contributed by atoms with E-state index < -0.39 is 15.3 Å². The van der Waals surface area contributed by atoms with Gasteiger partial charge in [-0.2, -0.15) is 5.26 Å². The van der Waals surface area contributed by atoms with Gasteiger partial charge in [-0.3, -0.25) is 4.31 Å². The first-order valence-electron chi connectivity index (χ1n) is 5.41. The highest BCUT2D eigenvalue weighted by atomic mass is 32.2. The summed E-state index contributed by atoms with van der Waals surface area (Å²) in [5.74, 6) is 0. The van der Waals surface area contributed by atoms with Crippen LogP contribution in [0.15, 0.2) is 24.3 Å². The largest absolute Gasteiger partial charge is 0.269 e. The Balaban J connectivity index is 3.22. The van der Waals surface area contributed by atoms with Gasteiger partial charge in [-0.05, 0) is 38.5 Å². The molecule has 0 bridgehead atoms. The summed E-state index contributed by atoms with van der Waals surface area (Å²) in [6.45, 7) is 5.37. The molecule has 0 radical (unpaired) electrons. The summed E-state index contributed by atoms with van der Waals surface area (Å²) < 4.78 is 25.5. The lowest BCUT2D eigenvalue weighted by molar-refractivity contribution is 0.587. The van der Waals surface area contributed by atoms with Crippen LogP contribution < -0.4 is 4.31 Å². The fourth-order valence-electron chi connectivity index (χ4n) is 1.55. The van der Waals surface area contributed by atoms with Gasteiger partial charge in [-0.25, -0.2) is 8.42 Å². The van der Waals surface area contributed by atoms with E-state index >= 15 is 0 Å². The van der Waals surface area contributed by atoms with Crippen molar-refractivity contribution in [2.24, 2.45) is 0 Å². The zero-order valence-electron chi connectivity index (χ0n) is 10.2. The molecule has 1 rings (SSSR count). The molecule has 0 aliphatic carbocycles. The molecule has 17 heavy (non-hydrogen) atoms. The van der Waals surface area contributed by atoms with Crippen molar-refractivity contribution in [3.05, 3.63) is 29.8 Å². The topological polar surface area (TPSA) is 61.2 Å². The molecule has 0 saturated heterocycles. The lowest BCUT2D eigenvalue weighted by Crippen LogP contribution is -2.36. The molecule has 0 aromatic heterocycles. The van der Waals surface area contributed by atoms with Gasteiger partial charge in [0.05, 0.1) is 11.8 Å². The van der Waals surface area contributed by atoms with E-state index in [-0.39, 0.29) is 0 Å². The summed E-state index contributed by atoms with van der Waals surface area (Å²) in [5, 5.41) is 7.72. The normalized spacial score (nSPS) is 12.8. The second-order valence-corrected chi connectivity index (χ2v) is 6.00. The molecular weight excluding hydrogens is 236 g/mol. The number of rotatable bonds is 4. The summed E-state index contributed by atoms with van der Waals surface area (Å²) in [5.41, 5.74) is 1.59. The number of anilines is 1. The van der Waals surface area contributed by atoms with Crippen LogP contribution in [0.25, 0.3) is 0 Å². The van der Waals surface area contributed by atoms with Crippen LogP contribution in [-0.4, -0.2) is 20.2 Å². The maximum atomic E-state index is 12.1. The minimum atomic E-state index is -3.60. The average molecular weight is 252 g/mol. The zero-order valence-corrected chi connectivity index (χ0v) is 11.0. The molecule has 0 amide bonds. The number of benzene rings is 1. The van der Waals surface area contributed by atoms with E-state index in [1.165, 1.54) is 11.2 Å². The Bertz CT molecular complexity index is 532. The fraction of sp³-hybridized carbons (Fsp3) is 0.417. The summed E-state index contributed by atoms with van der Waals surface area (Å²) in [6.07, 6.45) is 0. The van der Waals surface area contributed by atoms with Crippen molar-refractivity contribution in [2.75, 3.05) is 10.8 Å². The number of sulfonamides is 1. The second kappa shape index (κ2) is 5.19. The minimum absolute atomic E-state index is 0.317. The number of hydrogen-bond donors (Lipinski definition) is 0. The highest BCUT2D eigenvalue weighted by molar-refractivity contribution is 7.93. The molecule has 4 nitrogen and oxygen atoms in total. The SMILES string of the molecule is CCN(c1cccc(C)c1)S(=O)(=O)C(C)C#N. The van der Waals surface area contributed by atoms with Gasteiger partial charge in [-0.1, -0.05) is 12.1 Å². The molecule has 1 unspecified atom stereocenters. The molecule has 0 aliphatic heterocycles. The number of hydrogen-bond acceptors (Lipinski definition) is 3. The molecule has 1 aromatic rings. The van der Waals surface area contributed by atoms with Crippen molar-refractivity contribution in [3.8, 4) is 6.07 Å². The standard InChI is InChI=1S/C12H16N2O2S/c1-4-14(17(15,16)11(3)9-13)12-7-5-6-10(2)8-12/h5-8,11H,4H2,1-3H3. The first-order valence-corrected chi connectivity index (χ1v) is 6.91. The molecule has 1 atom stereocenters. The molecule has 0 saturated carbocycles. The van der Waals surface area contributed by atoms with E-state index in [4.69, 9.17) is 5.26 Å². The molecule has 0 heterocycles. The van der Waals surface area contributed by atoms with E-state index in [2.05, 4.69) is 0 Å². The molecule has 0 fully saturated rings. The Labute approximate surface area is 103 Å². The summed E-state index contributed by atoms with van der Waals surface area (Å²) in [4.78, 5) is 0. The highest BCUT2D eigenvalue weighted by Gasteiger charge is 2.27. The first kappa shape index (κ1) is 13.5. The van der Waals surface area contributed by atoms with Crippen molar-refractivity contribution in [1.29, 1.82) is 5.26 Å². The molecule has 0 spiro atoms. The van der Waals surface area contributed by atoms with Gasteiger partial charge in [0, 0.05) is 6.54 Å². The van der Waals surface area contributed by atoms with Crippen molar-refractivity contribution in [2.45, 2.75) is 26.0 Å². The Morgan fingerprint density at radius 3 is 2.59 bits per heavy atom. The number of aryl methyl sites for hydroxylation is 1. The number of nitriles is 1. The monoisotopic (exact) mass is 252 g/mol. The van der Waals surface area contributed by atoms with E-state index in [0.29, 0.717) is 12.2 Å². The van der Waals surface area contributed by atoms with Crippen LogP contribution in [-0.2, 0) is 10.0 Å². The van der Waals surface area contributed by atoms with Crippen LogP contribution in [0.1, 0.15) is 19.4 Å². The number of nitrogens with zero attached hydrogens (tertiary/aromatic N) is 2. The van der Waals surface area contributed by atoms with Crippen LogP contribution in [0.2, 0.25) is 0 Å². The van der Waals surface area contributed by atoms with E-state index in [0.717, 1.165) is 5.56 Å². The van der Waals surface area contributed by atoms with Gasteiger partial charge < -0.3 is 0 Å². The minimum Gasteiger partial charge on any atom is -0.269 e. The molecule has 0 aliphatic rings. The zero-order chi connectivity index (χ0) is 13.1. The fourth-order valence-corrected chi connectivity index (χ4v) is 2.83. The first-order chi connectivity index (χ1) is 7.93. The van der Waals surface area contributed by atoms with Crippen molar-refractivity contribution < 1.29 is 8.42 Å². The predicted molar refractivity (Wildman–Crippen MR) is 68.2 cm³/mol. The average Bonchev–Trinajstić information content (AvgIpc) is 2.28. The predicted octanol–water partition coefficient (Wildman–Crippen LogP) is 2.06. The Kier molecular flexibility index (Phi) is 4.13. The maximum absolute atomic E-state index is 12.1. The highest BCUT2D eigenvalue weighted by Crippen LogP contribution is 2.21. The Hall–Kier alpha value is -1.54. The van der Waals surface area contributed by atoms with Gasteiger partial charge in [0.25, 0.3) is 10.0 Å². The second-order valence-electron chi connectivity index (χ2n) is 3.82. The van der Waals surface area contributed by atoms with Crippen LogP contribution >= 0.6 is 0 Å². The van der Waals surface area contributed by atoms with Crippen molar-refractivity contribution in [1.82, 2.24) is 0 Å². The smallest absolute Gasteiger partial charge is 0.251 e. The molecule has 0 N–H and O–H groups in total. The molecule has 5 heteroatoms.